The molecule has 1 amide bonds. The number of nitrogens with one attached hydrogen (secondary N) is 2. The van der Waals surface area contributed by atoms with E-state index in [4.69, 9.17) is 11.6 Å². The third-order valence-corrected chi connectivity index (χ3v) is 6.20. The zero-order valence-corrected chi connectivity index (χ0v) is 15.2. The minimum Gasteiger partial charge on any atom is -0.354 e. The number of amides is 1. The molecule has 0 bridgehead atoms. The number of anilines is 2. The van der Waals surface area contributed by atoms with Gasteiger partial charge in [0.2, 0.25) is 0 Å². The first-order valence-corrected chi connectivity index (χ1v) is 10.0. The Kier molecular flexibility index (Phi) is 4.96. The minimum atomic E-state index is -3.03. The predicted molar refractivity (Wildman–Crippen MR) is 98.2 cm³/mol. The molecule has 0 aliphatic carbocycles. The number of hydrogen-bond acceptors (Lipinski definition) is 5. The Labute approximate surface area is 151 Å². The van der Waals surface area contributed by atoms with Gasteiger partial charge in [0.1, 0.15) is 0 Å². The SMILES string of the molecule is Cc1ccc(Nc2cncc(C(=O)NC3CCS(=O)(=O)C3)c2)cc1Cl. The summed E-state index contributed by atoms with van der Waals surface area (Å²) in [5.41, 5.74) is 2.78. The molecule has 1 saturated heterocycles. The van der Waals surface area contributed by atoms with Crippen LogP contribution in [-0.2, 0) is 9.84 Å². The summed E-state index contributed by atoms with van der Waals surface area (Å²) in [5.74, 6) is -0.224. The van der Waals surface area contributed by atoms with E-state index >= 15 is 0 Å². The molecule has 1 aromatic carbocycles. The monoisotopic (exact) mass is 379 g/mol. The van der Waals surface area contributed by atoms with Crippen molar-refractivity contribution in [3.63, 3.8) is 0 Å². The summed E-state index contributed by atoms with van der Waals surface area (Å²) < 4.78 is 23.0. The smallest absolute Gasteiger partial charge is 0.253 e. The number of benzene rings is 1. The largest absolute Gasteiger partial charge is 0.354 e. The molecule has 1 aliphatic heterocycles. The Balaban J connectivity index is 1.70. The van der Waals surface area contributed by atoms with Crippen molar-refractivity contribution in [1.82, 2.24) is 10.3 Å². The van der Waals surface area contributed by atoms with E-state index in [0.29, 0.717) is 22.7 Å². The maximum absolute atomic E-state index is 12.3. The summed E-state index contributed by atoms with van der Waals surface area (Å²) >= 11 is 6.11. The van der Waals surface area contributed by atoms with Crippen molar-refractivity contribution in [2.24, 2.45) is 0 Å². The number of aromatic nitrogens is 1. The molecule has 2 N–H and O–H groups in total. The Morgan fingerprint density at radius 3 is 2.72 bits per heavy atom. The number of aryl methyl sites for hydroxylation is 1. The molecular weight excluding hydrogens is 362 g/mol. The number of carbonyl (C=O) groups excluding carboxylic acids is 1. The summed E-state index contributed by atoms with van der Waals surface area (Å²) in [6.07, 6.45) is 3.50. The predicted octanol–water partition coefficient (Wildman–Crippen LogP) is 2.70. The highest BCUT2D eigenvalue weighted by molar-refractivity contribution is 7.91. The van der Waals surface area contributed by atoms with Gasteiger partial charge < -0.3 is 10.6 Å². The molecule has 1 unspecified atom stereocenters. The number of rotatable bonds is 4. The number of hydrogen-bond donors (Lipinski definition) is 2. The first-order chi connectivity index (χ1) is 11.8. The molecule has 8 heteroatoms. The van der Waals surface area contributed by atoms with Crippen molar-refractivity contribution in [1.29, 1.82) is 0 Å². The van der Waals surface area contributed by atoms with Crippen molar-refractivity contribution in [3.05, 3.63) is 52.8 Å². The minimum absolute atomic E-state index is 0.00796. The van der Waals surface area contributed by atoms with E-state index in [-0.39, 0.29) is 23.5 Å². The second kappa shape index (κ2) is 7.01. The second-order valence-electron chi connectivity index (χ2n) is 6.12. The van der Waals surface area contributed by atoms with Crippen molar-refractivity contribution in [2.75, 3.05) is 16.8 Å². The normalized spacial score (nSPS) is 18.7. The standard InChI is InChI=1S/C17H18ClN3O3S/c1-11-2-3-13(7-16(11)18)20-15-6-12(8-19-9-15)17(22)21-14-4-5-25(23,24)10-14/h2-3,6-9,14,20H,4-5,10H2,1H3,(H,21,22). The van der Waals surface area contributed by atoms with Crippen LogP contribution < -0.4 is 10.6 Å². The van der Waals surface area contributed by atoms with Gasteiger partial charge in [-0.3, -0.25) is 9.78 Å². The Morgan fingerprint density at radius 2 is 2.04 bits per heavy atom. The van der Waals surface area contributed by atoms with Crippen molar-refractivity contribution in [3.8, 4) is 0 Å². The van der Waals surface area contributed by atoms with Gasteiger partial charge in [0.25, 0.3) is 5.91 Å². The molecule has 1 aromatic heterocycles. The third kappa shape index (κ3) is 4.49. The summed E-state index contributed by atoms with van der Waals surface area (Å²) in [7, 11) is -3.03. The van der Waals surface area contributed by atoms with Crippen LogP contribution in [0.25, 0.3) is 0 Å². The number of nitrogens with zero attached hydrogens (tertiary/aromatic N) is 1. The lowest BCUT2D eigenvalue weighted by Crippen LogP contribution is -2.35. The molecule has 2 aromatic rings. The van der Waals surface area contributed by atoms with E-state index in [1.54, 1.807) is 18.3 Å². The first-order valence-electron chi connectivity index (χ1n) is 7.82. The molecule has 132 valence electrons. The highest BCUT2D eigenvalue weighted by Crippen LogP contribution is 2.23. The van der Waals surface area contributed by atoms with Gasteiger partial charge in [-0.15, -0.1) is 0 Å². The van der Waals surface area contributed by atoms with Crippen molar-refractivity contribution in [2.45, 2.75) is 19.4 Å². The van der Waals surface area contributed by atoms with E-state index < -0.39 is 9.84 Å². The fourth-order valence-corrected chi connectivity index (χ4v) is 4.50. The first kappa shape index (κ1) is 17.7. The van der Waals surface area contributed by atoms with E-state index in [1.807, 2.05) is 19.1 Å². The zero-order chi connectivity index (χ0) is 18.0. The lowest BCUT2D eigenvalue weighted by molar-refractivity contribution is 0.0941. The zero-order valence-electron chi connectivity index (χ0n) is 13.6. The van der Waals surface area contributed by atoms with E-state index in [9.17, 15) is 13.2 Å². The quantitative estimate of drug-likeness (QED) is 0.852. The lowest BCUT2D eigenvalue weighted by Gasteiger charge is -2.12. The van der Waals surface area contributed by atoms with Crippen molar-refractivity contribution < 1.29 is 13.2 Å². The van der Waals surface area contributed by atoms with Gasteiger partial charge in [0.05, 0.1) is 29.0 Å². The maximum atomic E-state index is 12.3. The molecular formula is C17H18ClN3O3S. The number of halogens is 1. The summed E-state index contributed by atoms with van der Waals surface area (Å²) in [6, 6.07) is 6.91. The molecule has 3 rings (SSSR count). The molecule has 2 heterocycles. The van der Waals surface area contributed by atoms with Gasteiger partial charge >= 0.3 is 0 Å². The Bertz CT molecular complexity index is 915. The van der Waals surface area contributed by atoms with Crippen molar-refractivity contribution >= 4 is 38.7 Å². The van der Waals surface area contributed by atoms with Crippen LogP contribution >= 0.6 is 11.6 Å². The van der Waals surface area contributed by atoms with E-state index in [1.165, 1.54) is 6.20 Å². The number of pyridine rings is 1. The lowest BCUT2D eigenvalue weighted by atomic mass is 10.2. The van der Waals surface area contributed by atoms with Crippen LogP contribution in [-0.4, -0.2) is 36.9 Å². The molecule has 0 radical (unpaired) electrons. The van der Waals surface area contributed by atoms with Crippen LogP contribution in [0.5, 0.6) is 0 Å². The molecule has 6 nitrogen and oxygen atoms in total. The molecule has 1 fully saturated rings. The molecule has 1 aliphatic rings. The summed E-state index contributed by atoms with van der Waals surface area (Å²) in [6.45, 7) is 1.92. The van der Waals surface area contributed by atoms with Gasteiger partial charge in [0.15, 0.2) is 9.84 Å². The maximum Gasteiger partial charge on any atom is 0.253 e. The highest BCUT2D eigenvalue weighted by Gasteiger charge is 2.29. The summed E-state index contributed by atoms with van der Waals surface area (Å²) in [5, 5.41) is 6.55. The summed E-state index contributed by atoms with van der Waals surface area (Å²) in [4.78, 5) is 16.4. The van der Waals surface area contributed by atoms with Gasteiger partial charge in [-0.2, -0.15) is 0 Å². The van der Waals surface area contributed by atoms with Crippen LogP contribution in [0.1, 0.15) is 22.3 Å². The van der Waals surface area contributed by atoms with Gasteiger partial charge in [-0.25, -0.2) is 8.42 Å². The van der Waals surface area contributed by atoms with Gasteiger partial charge in [-0.1, -0.05) is 17.7 Å². The van der Waals surface area contributed by atoms with E-state index in [2.05, 4.69) is 15.6 Å². The fourth-order valence-electron chi connectivity index (χ4n) is 2.65. The van der Waals surface area contributed by atoms with Crippen LogP contribution in [0.2, 0.25) is 5.02 Å². The van der Waals surface area contributed by atoms with Crippen LogP contribution in [0.3, 0.4) is 0 Å². The number of sulfone groups is 1. The average Bonchev–Trinajstić information content (AvgIpc) is 2.90. The van der Waals surface area contributed by atoms with Gasteiger partial charge in [0, 0.05) is 22.9 Å². The van der Waals surface area contributed by atoms with Gasteiger partial charge in [-0.05, 0) is 37.1 Å². The Morgan fingerprint density at radius 1 is 1.24 bits per heavy atom. The third-order valence-electron chi connectivity index (χ3n) is 4.03. The topological polar surface area (TPSA) is 88.2 Å². The second-order valence-corrected chi connectivity index (χ2v) is 8.76. The highest BCUT2D eigenvalue weighted by atomic mass is 35.5. The average molecular weight is 380 g/mol. The van der Waals surface area contributed by atoms with Crippen LogP contribution in [0, 0.1) is 6.92 Å². The van der Waals surface area contributed by atoms with Crippen LogP contribution in [0.15, 0.2) is 36.7 Å². The molecule has 0 spiro atoms. The Hall–Kier alpha value is -2.12. The molecule has 25 heavy (non-hydrogen) atoms. The molecule has 1 atom stereocenters. The molecule has 0 saturated carbocycles. The fraction of sp³-hybridized carbons (Fsp3) is 0.294. The van der Waals surface area contributed by atoms with E-state index in [0.717, 1.165) is 11.3 Å². The van der Waals surface area contributed by atoms with Crippen LogP contribution in [0.4, 0.5) is 11.4 Å². The number of carbonyl (C=O) groups is 1.